The van der Waals surface area contributed by atoms with Crippen LogP contribution in [-0.2, 0) is 9.59 Å². The number of amides is 2. The lowest BCUT2D eigenvalue weighted by atomic mass is 10.0. The van der Waals surface area contributed by atoms with Crippen molar-refractivity contribution in [3.05, 3.63) is 42.1 Å². The third-order valence-corrected chi connectivity index (χ3v) is 6.18. The Hall–Kier alpha value is -3.18. The largest absolute Gasteiger partial charge is 0.340 e. The molecule has 0 radical (unpaired) electrons. The van der Waals surface area contributed by atoms with E-state index in [2.05, 4.69) is 16.5 Å². The number of hydrogen-bond acceptors (Lipinski definition) is 5. The van der Waals surface area contributed by atoms with Gasteiger partial charge in [0.25, 0.3) is 0 Å². The van der Waals surface area contributed by atoms with Gasteiger partial charge in [0.2, 0.25) is 11.8 Å². The monoisotopic (exact) mass is 420 g/mol. The molecule has 0 spiro atoms. The molecule has 2 heterocycles. The smallest absolute Gasteiger partial charge is 0.239 e. The van der Waals surface area contributed by atoms with Crippen LogP contribution in [0.4, 0.5) is 5.82 Å². The second kappa shape index (κ2) is 9.75. The fraction of sp³-hybridized carbons (Fsp3) is 0.478. The van der Waals surface area contributed by atoms with Crippen molar-refractivity contribution in [3.8, 4) is 11.8 Å². The average molecular weight is 421 g/mol. The van der Waals surface area contributed by atoms with E-state index in [4.69, 9.17) is 0 Å². The Morgan fingerprint density at radius 1 is 1.10 bits per heavy atom. The zero-order valence-corrected chi connectivity index (χ0v) is 17.7. The molecular formula is C23H28N6O2. The minimum Gasteiger partial charge on any atom is -0.340 e. The highest BCUT2D eigenvalue weighted by Crippen LogP contribution is 2.28. The van der Waals surface area contributed by atoms with E-state index in [-0.39, 0.29) is 18.4 Å². The van der Waals surface area contributed by atoms with Crippen LogP contribution < -0.4 is 5.32 Å². The van der Waals surface area contributed by atoms with Crippen LogP contribution in [0.25, 0.3) is 5.69 Å². The molecule has 0 atom stereocenters. The number of rotatable bonds is 6. The van der Waals surface area contributed by atoms with Gasteiger partial charge >= 0.3 is 0 Å². The lowest BCUT2D eigenvalue weighted by Crippen LogP contribution is -2.50. The third kappa shape index (κ3) is 5.12. The summed E-state index contributed by atoms with van der Waals surface area (Å²) in [5, 5.41) is 16.5. The van der Waals surface area contributed by atoms with Crippen LogP contribution in [0.15, 0.2) is 36.5 Å². The van der Waals surface area contributed by atoms with Gasteiger partial charge in [-0.1, -0.05) is 31.0 Å². The molecule has 4 rings (SSSR count). The van der Waals surface area contributed by atoms with Crippen molar-refractivity contribution in [1.82, 2.24) is 19.6 Å². The van der Waals surface area contributed by atoms with Crippen LogP contribution in [0.3, 0.4) is 0 Å². The summed E-state index contributed by atoms with van der Waals surface area (Å²) in [5.41, 5.74) is 1.09. The molecule has 2 aliphatic rings. The van der Waals surface area contributed by atoms with Crippen molar-refractivity contribution in [1.29, 1.82) is 5.26 Å². The molecule has 2 aromatic rings. The van der Waals surface area contributed by atoms with Crippen LogP contribution in [0.1, 0.15) is 37.7 Å². The van der Waals surface area contributed by atoms with E-state index in [1.807, 2.05) is 40.1 Å². The third-order valence-electron chi connectivity index (χ3n) is 6.18. The number of benzene rings is 1. The molecule has 1 aromatic carbocycles. The minimum atomic E-state index is -0.195. The maximum absolute atomic E-state index is 12.7. The van der Waals surface area contributed by atoms with Crippen molar-refractivity contribution < 1.29 is 9.59 Å². The first kappa shape index (κ1) is 21.1. The summed E-state index contributed by atoms with van der Waals surface area (Å²) in [4.78, 5) is 29.2. The summed E-state index contributed by atoms with van der Waals surface area (Å²) in [5.74, 6) is 0.991. The summed E-state index contributed by atoms with van der Waals surface area (Å²) >= 11 is 0. The van der Waals surface area contributed by atoms with Crippen molar-refractivity contribution in [2.45, 2.75) is 32.1 Å². The lowest BCUT2D eigenvalue weighted by molar-refractivity contribution is -0.134. The van der Waals surface area contributed by atoms with Crippen LogP contribution >= 0.6 is 0 Å². The summed E-state index contributed by atoms with van der Waals surface area (Å²) in [6, 6.07) is 11.5. The Balaban J connectivity index is 1.31. The topological polar surface area (TPSA) is 94.3 Å². The molecule has 31 heavy (non-hydrogen) atoms. The molecule has 1 N–H and O–H groups in total. The number of hydrogen-bond donors (Lipinski definition) is 1. The van der Waals surface area contributed by atoms with E-state index >= 15 is 0 Å². The Kier molecular flexibility index (Phi) is 6.63. The van der Waals surface area contributed by atoms with Crippen molar-refractivity contribution in [2.75, 3.05) is 38.0 Å². The number of nitrogens with one attached hydrogen (secondary N) is 1. The van der Waals surface area contributed by atoms with E-state index in [9.17, 15) is 14.9 Å². The molecule has 1 aromatic heterocycles. The minimum absolute atomic E-state index is 0.195. The van der Waals surface area contributed by atoms with Gasteiger partial charge in [-0.3, -0.25) is 14.5 Å². The molecule has 1 aliphatic carbocycles. The summed E-state index contributed by atoms with van der Waals surface area (Å²) < 4.78 is 1.57. The van der Waals surface area contributed by atoms with E-state index in [0.29, 0.717) is 49.9 Å². The molecule has 8 heteroatoms. The Morgan fingerprint density at radius 3 is 2.48 bits per heavy atom. The molecular weight excluding hydrogens is 392 g/mol. The molecule has 0 unspecified atom stereocenters. The Labute approximate surface area is 182 Å². The van der Waals surface area contributed by atoms with E-state index in [1.54, 1.807) is 4.68 Å². The molecule has 8 nitrogen and oxygen atoms in total. The molecule has 2 fully saturated rings. The molecule has 1 aliphatic heterocycles. The number of nitriles is 1. The summed E-state index contributed by atoms with van der Waals surface area (Å²) in [6.45, 7) is 2.88. The van der Waals surface area contributed by atoms with Crippen LogP contribution in [-0.4, -0.2) is 64.1 Å². The zero-order chi connectivity index (χ0) is 21.6. The SMILES string of the molecule is N#Cc1cnn(-c2ccccc2)c1NC(=O)CN1CCN(C(=O)CC2CCCC2)CC1. The molecule has 1 saturated carbocycles. The number of nitrogens with zero attached hydrogens (tertiary/aromatic N) is 5. The van der Waals surface area contributed by atoms with Gasteiger partial charge in [-0.05, 0) is 30.9 Å². The van der Waals surface area contributed by atoms with E-state index < -0.39 is 0 Å². The van der Waals surface area contributed by atoms with Gasteiger partial charge < -0.3 is 10.2 Å². The van der Waals surface area contributed by atoms with Crippen LogP contribution in [0.5, 0.6) is 0 Å². The maximum Gasteiger partial charge on any atom is 0.239 e. The second-order valence-corrected chi connectivity index (χ2v) is 8.33. The average Bonchev–Trinajstić information content (AvgIpc) is 3.44. The van der Waals surface area contributed by atoms with Gasteiger partial charge in [0, 0.05) is 32.6 Å². The Bertz CT molecular complexity index is 950. The van der Waals surface area contributed by atoms with E-state index in [1.165, 1.54) is 31.9 Å². The number of aromatic nitrogens is 2. The summed E-state index contributed by atoms with van der Waals surface area (Å²) in [6.07, 6.45) is 6.97. The molecule has 162 valence electrons. The van der Waals surface area contributed by atoms with Gasteiger partial charge in [0.15, 0.2) is 5.82 Å². The molecule has 0 bridgehead atoms. The molecule has 1 saturated heterocycles. The summed E-state index contributed by atoms with van der Waals surface area (Å²) in [7, 11) is 0. The van der Waals surface area contributed by atoms with Crippen LogP contribution in [0.2, 0.25) is 0 Å². The fourth-order valence-electron chi connectivity index (χ4n) is 4.44. The number of anilines is 1. The van der Waals surface area contributed by atoms with Gasteiger partial charge in [-0.15, -0.1) is 0 Å². The van der Waals surface area contributed by atoms with Gasteiger partial charge in [0.1, 0.15) is 11.6 Å². The highest BCUT2D eigenvalue weighted by Gasteiger charge is 2.26. The van der Waals surface area contributed by atoms with Gasteiger partial charge in [-0.2, -0.15) is 10.4 Å². The normalized spacial score (nSPS) is 17.5. The predicted molar refractivity (Wildman–Crippen MR) is 117 cm³/mol. The Morgan fingerprint density at radius 2 is 1.81 bits per heavy atom. The van der Waals surface area contributed by atoms with Crippen LogP contribution in [0, 0.1) is 17.2 Å². The van der Waals surface area contributed by atoms with Crippen molar-refractivity contribution >= 4 is 17.6 Å². The second-order valence-electron chi connectivity index (χ2n) is 8.33. The highest BCUT2D eigenvalue weighted by atomic mass is 16.2. The number of para-hydroxylation sites is 1. The highest BCUT2D eigenvalue weighted by molar-refractivity contribution is 5.93. The van der Waals surface area contributed by atoms with Crippen molar-refractivity contribution in [2.24, 2.45) is 5.92 Å². The zero-order valence-electron chi connectivity index (χ0n) is 17.7. The fourth-order valence-corrected chi connectivity index (χ4v) is 4.44. The van der Waals surface area contributed by atoms with Gasteiger partial charge in [0.05, 0.1) is 18.4 Å². The number of carbonyl (C=O) groups excluding carboxylic acids is 2. The lowest BCUT2D eigenvalue weighted by Gasteiger charge is -2.34. The van der Waals surface area contributed by atoms with E-state index in [0.717, 1.165) is 5.69 Å². The standard InChI is InChI=1S/C23H28N6O2/c24-15-19-16-25-29(20-8-2-1-3-9-20)23(19)26-21(30)17-27-10-12-28(13-11-27)22(31)14-18-6-4-5-7-18/h1-3,8-9,16,18H,4-7,10-14,17H2,(H,26,30). The first-order valence-electron chi connectivity index (χ1n) is 11.0. The number of piperazine rings is 1. The number of carbonyl (C=O) groups is 2. The first-order chi connectivity index (χ1) is 15.1. The quantitative estimate of drug-likeness (QED) is 0.774. The maximum atomic E-state index is 12.7. The molecule has 2 amide bonds. The van der Waals surface area contributed by atoms with Gasteiger partial charge in [-0.25, -0.2) is 4.68 Å². The predicted octanol–water partition coefficient (Wildman–Crippen LogP) is 2.41. The van der Waals surface area contributed by atoms with Crippen molar-refractivity contribution in [3.63, 3.8) is 0 Å². The first-order valence-corrected chi connectivity index (χ1v) is 11.0.